The van der Waals surface area contributed by atoms with Crippen LogP contribution in [0, 0.1) is 0 Å². The minimum Gasteiger partial charge on any atom is -0.478 e. The number of thioether (sulfide) groups is 1. The number of alkyl halides is 3. The van der Waals surface area contributed by atoms with Crippen molar-refractivity contribution in [3.8, 4) is 0 Å². The van der Waals surface area contributed by atoms with Crippen LogP contribution in [-0.4, -0.2) is 31.0 Å². The Kier molecular flexibility index (Phi) is 5.79. The Labute approximate surface area is 146 Å². The highest BCUT2D eigenvalue weighted by Gasteiger charge is 2.31. The lowest BCUT2D eigenvalue weighted by Gasteiger charge is -2.10. The topological polar surface area (TPSA) is 71.4 Å². The second kappa shape index (κ2) is 7.49. The molecule has 0 heterocycles. The lowest BCUT2D eigenvalue weighted by molar-refractivity contribution is -0.137. The van der Waals surface area contributed by atoms with Crippen LogP contribution in [0.3, 0.4) is 0 Å². The van der Waals surface area contributed by atoms with Gasteiger partial charge < -0.3 is 5.11 Å². The van der Waals surface area contributed by atoms with Gasteiger partial charge in [0.2, 0.25) is 0 Å². The van der Waals surface area contributed by atoms with Crippen LogP contribution in [0.25, 0.3) is 0 Å². The molecule has 0 amide bonds. The van der Waals surface area contributed by atoms with Crippen molar-refractivity contribution in [3.63, 3.8) is 0 Å². The van der Waals surface area contributed by atoms with Crippen molar-refractivity contribution in [3.05, 3.63) is 59.7 Å². The maximum absolute atomic E-state index is 12.7. The van der Waals surface area contributed by atoms with Gasteiger partial charge in [-0.2, -0.15) is 13.2 Å². The van der Waals surface area contributed by atoms with Gasteiger partial charge in [0, 0.05) is 10.6 Å². The molecule has 134 valence electrons. The summed E-state index contributed by atoms with van der Waals surface area (Å²) in [5.74, 6) is -1.53. The van der Waals surface area contributed by atoms with Crippen molar-refractivity contribution < 1.29 is 31.5 Å². The number of halogens is 3. The third-order valence-corrected chi connectivity index (χ3v) is 6.29. The van der Waals surface area contributed by atoms with Crippen LogP contribution in [0.5, 0.6) is 0 Å². The molecule has 2 aromatic rings. The Morgan fingerprint density at radius 2 is 1.76 bits per heavy atom. The van der Waals surface area contributed by atoms with Crippen molar-refractivity contribution in [2.75, 3.05) is 11.5 Å². The average Bonchev–Trinajstić information content (AvgIpc) is 2.54. The van der Waals surface area contributed by atoms with Gasteiger partial charge in [-0.1, -0.05) is 18.2 Å². The van der Waals surface area contributed by atoms with E-state index in [0.717, 1.165) is 30.0 Å². The Bertz CT molecular complexity index is 877. The van der Waals surface area contributed by atoms with Crippen molar-refractivity contribution in [1.29, 1.82) is 0 Å². The first-order valence-corrected chi connectivity index (χ1v) is 9.60. The van der Waals surface area contributed by atoms with Crippen LogP contribution < -0.4 is 0 Å². The third-order valence-electron chi connectivity index (χ3n) is 3.25. The molecule has 0 saturated heterocycles. The molecule has 2 aromatic carbocycles. The standard InChI is InChI=1S/C16H13F3O4S2/c17-16(18,19)11-4-3-5-12(10-11)25(22,23)9-8-24-14-7-2-1-6-13(14)15(20)21/h1-7,10H,8-9H2,(H,20,21). The molecule has 0 bridgehead atoms. The van der Waals surface area contributed by atoms with Crippen LogP contribution in [0.1, 0.15) is 15.9 Å². The lowest BCUT2D eigenvalue weighted by atomic mass is 10.2. The van der Waals surface area contributed by atoms with E-state index >= 15 is 0 Å². The third kappa shape index (κ3) is 4.99. The van der Waals surface area contributed by atoms with E-state index in [9.17, 15) is 26.4 Å². The maximum atomic E-state index is 12.7. The monoisotopic (exact) mass is 390 g/mol. The number of hydrogen-bond acceptors (Lipinski definition) is 4. The number of carbonyl (C=O) groups is 1. The van der Waals surface area contributed by atoms with Crippen molar-refractivity contribution in [2.24, 2.45) is 0 Å². The van der Waals surface area contributed by atoms with Crippen molar-refractivity contribution in [1.82, 2.24) is 0 Å². The summed E-state index contributed by atoms with van der Waals surface area (Å²) in [4.78, 5) is 11.1. The van der Waals surface area contributed by atoms with Gasteiger partial charge in [-0.25, -0.2) is 13.2 Å². The van der Waals surface area contributed by atoms with Gasteiger partial charge in [-0.15, -0.1) is 11.8 Å². The van der Waals surface area contributed by atoms with Gasteiger partial charge in [0.1, 0.15) is 0 Å². The molecule has 4 nitrogen and oxygen atoms in total. The fourth-order valence-electron chi connectivity index (χ4n) is 2.01. The minimum absolute atomic E-state index is 0.0167. The molecule has 1 N–H and O–H groups in total. The van der Waals surface area contributed by atoms with Crippen LogP contribution in [0.15, 0.2) is 58.3 Å². The highest BCUT2D eigenvalue weighted by atomic mass is 32.2. The zero-order valence-corrected chi connectivity index (χ0v) is 14.3. The lowest BCUT2D eigenvalue weighted by Crippen LogP contribution is -2.12. The van der Waals surface area contributed by atoms with E-state index in [0.29, 0.717) is 11.0 Å². The first-order chi connectivity index (χ1) is 11.6. The highest BCUT2D eigenvalue weighted by Crippen LogP contribution is 2.31. The molecule has 9 heteroatoms. The summed E-state index contributed by atoms with van der Waals surface area (Å²) < 4.78 is 62.5. The average molecular weight is 390 g/mol. The Balaban J connectivity index is 2.12. The number of carboxylic acids is 1. The molecular formula is C16H13F3O4S2. The summed E-state index contributed by atoms with van der Waals surface area (Å²) in [5, 5.41) is 9.07. The van der Waals surface area contributed by atoms with Gasteiger partial charge in [0.05, 0.1) is 21.8 Å². The molecule has 2 rings (SSSR count). The molecular weight excluding hydrogens is 377 g/mol. The first-order valence-electron chi connectivity index (χ1n) is 6.96. The second-order valence-electron chi connectivity index (χ2n) is 4.99. The zero-order chi connectivity index (χ0) is 18.7. The summed E-state index contributed by atoms with van der Waals surface area (Å²) in [6, 6.07) is 9.67. The van der Waals surface area contributed by atoms with Crippen molar-refractivity contribution in [2.45, 2.75) is 16.0 Å². The van der Waals surface area contributed by atoms with Crippen LogP contribution in [0.2, 0.25) is 0 Å². The molecule has 0 spiro atoms. The van der Waals surface area contributed by atoms with Gasteiger partial charge in [0.25, 0.3) is 0 Å². The van der Waals surface area contributed by atoms with E-state index in [2.05, 4.69) is 0 Å². The maximum Gasteiger partial charge on any atom is 0.416 e. The van der Waals surface area contributed by atoms with E-state index in [-0.39, 0.29) is 11.3 Å². The summed E-state index contributed by atoms with van der Waals surface area (Å²) in [6.07, 6.45) is -4.62. The predicted octanol–water partition coefficient (Wildman–Crippen LogP) is 3.97. The van der Waals surface area contributed by atoms with Crippen LogP contribution >= 0.6 is 11.8 Å². The number of hydrogen-bond donors (Lipinski definition) is 1. The van der Waals surface area contributed by atoms with Gasteiger partial charge in [0.15, 0.2) is 9.84 Å². The van der Waals surface area contributed by atoms with E-state index < -0.39 is 38.2 Å². The van der Waals surface area contributed by atoms with E-state index in [1.807, 2.05) is 0 Å². The summed E-state index contributed by atoms with van der Waals surface area (Å²) in [5.41, 5.74) is -0.985. The van der Waals surface area contributed by atoms with Crippen LogP contribution in [-0.2, 0) is 16.0 Å². The van der Waals surface area contributed by atoms with Gasteiger partial charge in [-0.05, 0) is 30.3 Å². The van der Waals surface area contributed by atoms with Crippen LogP contribution in [0.4, 0.5) is 13.2 Å². The number of aromatic carboxylic acids is 1. The summed E-state index contributed by atoms with van der Waals surface area (Å²) >= 11 is 1.02. The van der Waals surface area contributed by atoms with E-state index in [4.69, 9.17) is 5.11 Å². The molecule has 25 heavy (non-hydrogen) atoms. The fourth-order valence-corrected chi connectivity index (χ4v) is 4.76. The van der Waals surface area contributed by atoms with E-state index in [1.165, 1.54) is 6.07 Å². The summed E-state index contributed by atoms with van der Waals surface area (Å²) in [7, 11) is -3.91. The zero-order valence-electron chi connectivity index (χ0n) is 12.7. The molecule has 0 saturated carbocycles. The fraction of sp³-hybridized carbons (Fsp3) is 0.188. The highest BCUT2D eigenvalue weighted by molar-refractivity contribution is 8.00. The summed E-state index contributed by atoms with van der Waals surface area (Å²) in [6.45, 7) is 0. The number of sulfone groups is 1. The smallest absolute Gasteiger partial charge is 0.416 e. The largest absolute Gasteiger partial charge is 0.478 e. The normalized spacial score (nSPS) is 12.1. The number of carboxylic acid groups (broad SMARTS) is 1. The predicted molar refractivity (Wildman–Crippen MR) is 87.6 cm³/mol. The minimum atomic E-state index is -4.62. The number of rotatable bonds is 6. The van der Waals surface area contributed by atoms with E-state index in [1.54, 1.807) is 18.2 Å². The Morgan fingerprint density at radius 1 is 1.08 bits per heavy atom. The molecule has 0 radical (unpaired) electrons. The Hall–Kier alpha value is -2.00. The first kappa shape index (κ1) is 19.3. The van der Waals surface area contributed by atoms with Gasteiger partial charge in [-0.3, -0.25) is 0 Å². The second-order valence-corrected chi connectivity index (χ2v) is 8.24. The SMILES string of the molecule is O=C(O)c1ccccc1SCCS(=O)(=O)c1cccc(C(F)(F)F)c1. The molecule has 0 aromatic heterocycles. The molecule has 0 aliphatic heterocycles. The molecule has 0 aliphatic carbocycles. The molecule has 0 fully saturated rings. The van der Waals surface area contributed by atoms with Gasteiger partial charge >= 0.3 is 12.1 Å². The number of benzene rings is 2. The van der Waals surface area contributed by atoms with Crippen molar-refractivity contribution >= 4 is 27.6 Å². The molecule has 0 unspecified atom stereocenters. The molecule has 0 atom stereocenters. The molecule has 0 aliphatic rings. The Morgan fingerprint density at radius 3 is 2.40 bits per heavy atom. The quantitative estimate of drug-likeness (QED) is 0.756.